The molecule has 2 aromatic carbocycles. The van der Waals surface area contributed by atoms with Gasteiger partial charge in [-0.2, -0.15) is 0 Å². The summed E-state index contributed by atoms with van der Waals surface area (Å²) in [6.45, 7) is 5.23. The molecule has 1 fully saturated rings. The van der Waals surface area contributed by atoms with Crippen LogP contribution in [0.3, 0.4) is 0 Å². The number of anilines is 1. The van der Waals surface area contributed by atoms with E-state index in [-0.39, 0.29) is 18.3 Å². The Labute approximate surface area is 155 Å². The fourth-order valence-corrected chi connectivity index (χ4v) is 3.56. The minimum Gasteiger partial charge on any atom is -0.330 e. The maximum atomic E-state index is 11.1. The van der Waals surface area contributed by atoms with Crippen LogP contribution in [-0.2, 0) is 11.3 Å². The minimum atomic E-state index is -0.0428. The number of rotatable bonds is 5. The molecule has 2 atom stereocenters. The predicted molar refractivity (Wildman–Crippen MR) is 105 cm³/mol. The van der Waals surface area contributed by atoms with Gasteiger partial charge in [-0.25, -0.2) is 0 Å². The van der Waals surface area contributed by atoms with E-state index in [1.54, 1.807) is 0 Å². The lowest BCUT2D eigenvalue weighted by molar-refractivity contribution is -0.114. The van der Waals surface area contributed by atoms with E-state index in [9.17, 15) is 4.79 Å². The van der Waals surface area contributed by atoms with Gasteiger partial charge in [0, 0.05) is 38.2 Å². The van der Waals surface area contributed by atoms with E-state index in [1.807, 2.05) is 12.1 Å². The van der Waals surface area contributed by atoms with Crippen molar-refractivity contribution in [3.8, 4) is 0 Å². The van der Waals surface area contributed by atoms with E-state index in [4.69, 9.17) is 5.73 Å². The Hall–Kier alpha value is -1.88. The highest BCUT2D eigenvalue weighted by Gasteiger charge is 2.32. The quantitative estimate of drug-likeness (QED) is 0.861. The molecule has 0 aromatic heterocycles. The van der Waals surface area contributed by atoms with Gasteiger partial charge in [-0.3, -0.25) is 9.69 Å². The molecule has 5 heteroatoms. The van der Waals surface area contributed by atoms with Crippen LogP contribution >= 0.6 is 12.4 Å². The highest BCUT2D eigenvalue weighted by atomic mass is 35.5. The number of likely N-dealkylation sites (tertiary alicyclic amines) is 1. The van der Waals surface area contributed by atoms with Crippen molar-refractivity contribution < 1.29 is 4.79 Å². The van der Waals surface area contributed by atoms with Crippen LogP contribution in [0.5, 0.6) is 0 Å². The second-order valence-corrected chi connectivity index (χ2v) is 6.59. The van der Waals surface area contributed by atoms with Gasteiger partial charge in [-0.1, -0.05) is 42.5 Å². The van der Waals surface area contributed by atoms with Crippen LogP contribution < -0.4 is 11.1 Å². The average molecular weight is 360 g/mol. The molecular weight excluding hydrogens is 334 g/mol. The van der Waals surface area contributed by atoms with Crippen molar-refractivity contribution >= 4 is 24.0 Å². The van der Waals surface area contributed by atoms with E-state index < -0.39 is 0 Å². The van der Waals surface area contributed by atoms with Crippen molar-refractivity contribution in [1.82, 2.24) is 4.90 Å². The summed E-state index contributed by atoms with van der Waals surface area (Å²) in [7, 11) is 0. The topological polar surface area (TPSA) is 58.4 Å². The van der Waals surface area contributed by atoms with Crippen LogP contribution in [0.4, 0.5) is 5.69 Å². The monoisotopic (exact) mass is 359 g/mol. The molecule has 3 rings (SSSR count). The fourth-order valence-electron chi connectivity index (χ4n) is 3.56. The molecule has 3 N–H and O–H groups in total. The lowest BCUT2D eigenvalue weighted by Crippen LogP contribution is -2.23. The number of benzene rings is 2. The number of nitrogens with zero attached hydrogens (tertiary/aromatic N) is 1. The smallest absolute Gasteiger partial charge is 0.221 e. The molecule has 25 heavy (non-hydrogen) atoms. The second-order valence-electron chi connectivity index (χ2n) is 6.59. The van der Waals surface area contributed by atoms with Gasteiger partial charge in [0.05, 0.1) is 0 Å². The molecule has 4 nitrogen and oxygen atoms in total. The summed E-state index contributed by atoms with van der Waals surface area (Å²) in [5.41, 5.74) is 9.50. The minimum absolute atomic E-state index is 0. The summed E-state index contributed by atoms with van der Waals surface area (Å²) in [6, 6.07) is 18.8. The lowest BCUT2D eigenvalue weighted by atomic mass is 9.89. The second kappa shape index (κ2) is 8.99. The highest BCUT2D eigenvalue weighted by molar-refractivity contribution is 5.88. The summed E-state index contributed by atoms with van der Waals surface area (Å²) in [5, 5.41) is 2.80. The summed E-state index contributed by atoms with van der Waals surface area (Å²) < 4.78 is 0. The van der Waals surface area contributed by atoms with E-state index in [0.29, 0.717) is 11.8 Å². The lowest BCUT2D eigenvalue weighted by Gasteiger charge is -2.17. The zero-order valence-corrected chi connectivity index (χ0v) is 15.3. The SMILES string of the molecule is CC(=O)Nc1ccc(CN2C[C@@H](CN)[C@H](c3ccccc3)C2)cc1.Cl. The summed E-state index contributed by atoms with van der Waals surface area (Å²) in [6.07, 6.45) is 0. The first-order chi connectivity index (χ1) is 11.7. The number of hydrogen-bond donors (Lipinski definition) is 2. The van der Waals surface area contributed by atoms with Gasteiger partial charge in [-0.05, 0) is 35.7 Å². The van der Waals surface area contributed by atoms with Crippen LogP contribution in [0, 0.1) is 5.92 Å². The largest absolute Gasteiger partial charge is 0.330 e. The van der Waals surface area contributed by atoms with Crippen molar-refractivity contribution in [3.05, 3.63) is 65.7 Å². The number of nitrogens with two attached hydrogens (primary N) is 1. The Balaban J connectivity index is 0.00000225. The maximum Gasteiger partial charge on any atom is 0.221 e. The Morgan fingerprint density at radius 3 is 2.40 bits per heavy atom. The maximum absolute atomic E-state index is 11.1. The molecule has 0 saturated carbocycles. The molecule has 1 amide bonds. The van der Waals surface area contributed by atoms with Gasteiger partial charge in [0.25, 0.3) is 0 Å². The van der Waals surface area contributed by atoms with Gasteiger partial charge >= 0.3 is 0 Å². The normalized spacial score (nSPS) is 20.1. The van der Waals surface area contributed by atoms with E-state index in [1.165, 1.54) is 18.1 Å². The zero-order valence-electron chi connectivity index (χ0n) is 14.5. The van der Waals surface area contributed by atoms with Gasteiger partial charge in [-0.15, -0.1) is 12.4 Å². The Morgan fingerprint density at radius 2 is 1.80 bits per heavy atom. The number of amides is 1. The first-order valence-electron chi connectivity index (χ1n) is 8.49. The molecular formula is C20H26ClN3O. The van der Waals surface area contributed by atoms with Crippen LogP contribution in [0.25, 0.3) is 0 Å². The molecule has 2 aromatic rings. The van der Waals surface area contributed by atoms with Crippen molar-refractivity contribution in [1.29, 1.82) is 0 Å². The van der Waals surface area contributed by atoms with Gasteiger partial charge in [0.15, 0.2) is 0 Å². The molecule has 0 bridgehead atoms. The third-order valence-electron chi connectivity index (χ3n) is 4.73. The van der Waals surface area contributed by atoms with E-state index in [2.05, 4.69) is 52.7 Å². The average Bonchev–Trinajstić information content (AvgIpc) is 3.00. The highest BCUT2D eigenvalue weighted by Crippen LogP contribution is 2.32. The van der Waals surface area contributed by atoms with Gasteiger partial charge in [0.1, 0.15) is 0 Å². The van der Waals surface area contributed by atoms with E-state index >= 15 is 0 Å². The predicted octanol–water partition coefficient (Wildman–Crippen LogP) is 3.24. The molecule has 1 heterocycles. The molecule has 1 saturated heterocycles. The third-order valence-corrected chi connectivity index (χ3v) is 4.73. The molecule has 0 aliphatic carbocycles. The van der Waals surface area contributed by atoms with Crippen LogP contribution in [0.2, 0.25) is 0 Å². The van der Waals surface area contributed by atoms with Crippen molar-refractivity contribution in [2.24, 2.45) is 11.7 Å². The summed E-state index contributed by atoms with van der Waals surface area (Å²) in [4.78, 5) is 13.6. The molecule has 0 unspecified atom stereocenters. The Bertz CT molecular complexity index is 675. The van der Waals surface area contributed by atoms with Gasteiger partial charge < -0.3 is 11.1 Å². The van der Waals surface area contributed by atoms with Crippen molar-refractivity contribution in [2.75, 3.05) is 25.0 Å². The first kappa shape index (κ1) is 19.4. The Morgan fingerprint density at radius 1 is 1.12 bits per heavy atom. The number of nitrogens with one attached hydrogen (secondary N) is 1. The number of carbonyl (C=O) groups excluding carboxylic acids is 1. The summed E-state index contributed by atoms with van der Waals surface area (Å²) in [5.74, 6) is 0.972. The van der Waals surface area contributed by atoms with Crippen molar-refractivity contribution in [2.45, 2.75) is 19.4 Å². The van der Waals surface area contributed by atoms with Gasteiger partial charge in [0.2, 0.25) is 5.91 Å². The molecule has 134 valence electrons. The summed E-state index contributed by atoms with van der Waals surface area (Å²) >= 11 is 0. The molecule has 0 radical (unpaired) electrons. The first-order valence-corrected chi connectivity index (χ1v) is 8.49. The Kier molecular flexibility index (Phi) is 7.00. The molecule has 1 aliphatic heterocycles. The molecule has 0 spiro atoms. The van der Waals surface area contributed by atoms with Crippen molar-refractivity contribution in [3.63, 3.8) is 0 Å². The number of hydrogen-bond acceptors (Lipinski definition) is 3. The van der Waals surface area contributed by atoms with Crippen LogP contribution in [0.15, 0.2) is 54.6 Å². The number of halogens is 1. The fraction of sp³-hybridized carbons (Fsp3) is 0.350. The van der Waals surface area contributed by atoms with Crippen LogP contribution in [-0.4, -0.2) is 30.4 Å². The number of carbonyl (C=O) groups is 1. The van der Waals surface area contributed by atoms with Crippen LogP contribution in [0.1, 0.15) is 24.0 Å². The van der Waals surface area contributed by atoms with E-state index in [0.717, 1.165) is 31.9 Å². The standard InChI is InChI=1S/C20H25N3O.ClH/c1-15(24)22-19-9-7-16(8-10-19)12-23-13-18(11-21)20(14-23)17-5-3-2-4-6-17;/h2-10,18,20H,11-14,21H2,1H3,(H,22,24);1H/t18-,20+;/m1./s1. The zero-order chi connectivity index (χ0) is 16.9. The third kappa shape index (κ3) is 5.05. The molecule has 1 aliphatic rings.